The van der Waals surface area contributed by atoms with Crippen molar-refractivity contribution < 1.29 is 4.79 Å². The lowest BCUT2D eigenvalue weighted by atomic mass is 10.0. The Morgan fingerprint density at radius 3 is 2.79 bits per heavy atom. The molecule has 0 saturated carbocycles. The Hall–Kier alpha value is -0.730. The van der Waals surface area contributed by atoms with E-state index in [0.29, 0.717) is 35.3 Å². The van der Waals surface area contributed by atoms with Gasteiger partial charge in [-0.2, -0.15) is 0 Å². The molecule has 1 aromatic carbocycles. The second kappa shape index (κ2) is 8.44. The van der Waals surface area contributed by atoms with E-state index in [0.717, 1.165) is 18.4 Å². The number of halogens is 2. The van der Waals surface area contributed by atoms with Gasteiger partial charge in [0.1, 0.15) is 0 Å². The number of carbonyl (C=O) groups is 1. The van der Waals surface area contributed by atoms with Crippen LogP contribution in [0, 0.1) is 5.92 Å². The van der Waals surface area contributed by atoms with Crippen LogP contribution in [-0.2, 0) is 11.2 Å². The van der Waals surface area contributed by atoms with Crippen LogP contribution in [0.2, 0.25) is 10.0 Å². The van der Waals surface area contributed by atoms with E-state index in [9.17, 15) is 4.79 Å². The van der Waals surface area contributed by atoms with Crippen LogP contribution in [0.1, 0.15) is 38.7 Å². The Labute approximate surface area is 125 Å². The van der Waals surface area contributed by atoms with Crippen LogP contribution in [0.5, 0.6) is 0 Å². The molecule has 0 aromatic heterocycles. The summed E-state index contributed by atoms with van der Waals surface area (Å²) in [4.78, 5) is 11.7. The summed E-state index contributed by atoms with van der Waals surface area (Å²) in [5, 5.41) is 4.07. The predicted molar refractivity (Wildman–Crippen MR) is 81.9 cm³/mol. The molecule has 0 heterocycles. The first-order valence-corrected chi connectivity index (χ1v) is 7.49. The standard InChI is InChI=1S/C15H21Cl2NO/c1-3-5-11(2)10-14(19)18-9-8-12-6-4-7-13(16)15(12)17/h4,6-7,11H,3,5,8-10H2,1-2H3,(H,18,19). The van der Waals surface area contributed by atoms with E-state index in [2.05, 4.69) is 19.2 Å². The average Bonchev–Trinajstić information content (AvgIpc) is 2.34. The number of nitrogens with one attached hydrogen (secondary N) is 1. The van der Waals surface area contributed by atoms with Gasteiger partial charge in [-0.05, 0) is 24.0 Å². The van der Waals surface area contributed by atoms with Crippen LogP contribution in [0.4, 0.5) is 0 Å². The third kappa shape index (κ3) is 5.84. The Bertz CT molecular complexity index is 421. The minimum absolute atomic E-state index is 0.110. The SMILES string of the molecule is CCCC(C)CC(=O)NCCc1cccc(Cl)c1Cl. The Balaban J connectivity index is 2.34. The molecule has 0 spiro atoms. The van der Waals surface area contributed by atoms with Crippen molar-refractivity contribution in [2.75, 3.05) is 6.54 Å². The molecular weight excluding hydrogens is 281 g/mol. The summed E-state index contributed by atoms with van der Waals surface area (Å²) in [7, 11) is 0. The Morgan fingerprint density at radius 1 is 1.37 bits per heavy atom. The number of amides is 1. The van der Waals surface area contributed by atoms with Crippen LogP contribution in [0.3, 0.4) is 0 Å². The van der Waals surface area contributed by atoms with Gasteiger partial charge in [0.25, 0.3) is 0 Å². The lowest BCUT2D eigenvalue weighted by molar-refractivity contribution is -0.121. The van der Waals surface area contributed by atoms with Crippen LogP contribution < -0.4 is 5.32 Å². The van der Waals surface area contributed by atoms with Crippen LogP contribution >= 0.6 is 23.2 Å². The number of hydrogen-bond acceptors (Lipinski definition) is 1. The lowest BCUT2D eigenvalue weighted by Gasteiger charge is -2.11. The summed E-state index contributed by atoms with van der Waals surface area (Å²) in [5.41, 5.74) is 0.969. The van der Waals surface area contributed by atoms with Crippen LogP contribution in [0.15, 0.2) is 18.2 Å². The topological polar surface area (TPSA) is 29.1 Å². The summed E-state index contributed by atoms with van der Waals surface area (Å²) in [6.07, 6.45) is 3.50. The third-order valence-electron chi connectivity index (χ3n) is 3.06. The van der Waals surface area contributed by atoms with Crippen molar-refractivity contribution in [1.29, 1.82) is 0 Å². The van der Waals surface area contributed by atoms with Crippen molar-refractivity contribution in [3.8, 4) is 0 Å². The molecular formula is C15H21Cl2NO. The minimum Gasteiger partial charge on any atom is -0.356 e. The summed E-state index contributed by atoms with van der Waals surface area (Å²) < 4.78 is 0. The molecule has 4 heteroatoms. The fourth-order valence-electron chi connectivity index (χ4n) is 2.06. The van der Waals surface area contributed by atoms with E-state index in [-0.39, 0.29) is 5.91 Å². The molecule has 0 bridgehead atoms. The normalized spacial score (nSPS) is 12.2. The summed E-state index contributed by atoms with van der Waals surface area (Å²) in [5.74, 6) is 0.554. The van der Waals surface area contributed by atoms with Crippen molar-refractivity contribution in [1.82, 2.24) is 5.32 Å². The molecule has 1 N–H and O–H groups in total. The largest absolute Gasteiger partial charge is 0.356 e. The number of rotatable bonds is 7. The maximum absolute atomic E-state index is 11.7. The monoisotopic (exact) mass is 301 g/mol. The number of hydrogen-bond donors (Lipinski definition) is 1. The summed E-state index contributed by atoms with van der Waals surface area (Å²) in [6.45, 7) is 4.84. The second-order valence-corrected chi connectivity index (χ2v) is 5.70. The third-order valence-corrected chi connectivity index (χ3v) is 3.92. The van der Waals surface area contributed by atoms with Crippen molar-refractivity contribution >= 4 is 29.1 Å². The molecule has 106 valence electrons. The fraction of sp³-hybridized carbons (Fsp3) is 0.533. The molecule has 19 heavy (non-hydrogen) atoms. The molecule has 1 rings (SSSR count). The molecule has 0 aliphatic carbocycles. The van der Waals surface area contributed by atoms with E-state index in [4.69, 9.17) is 23.2 Å². The maximum atomic E-state index is 11.7. The average molecular weight is 302 g/mol. The highest BCUT2D eigenvalue weighted by Gasteiger charge is 2.08. The maximum Gasteiger partial charge on any atom is 0.220 e. The molecule has 0 radical (unpaired) electrons. The van der Waals surface area contributed by atoms with Crippen molar-refractivity contribution in [3.05, 3.63) is 33.8 Å². The lowest BCUT2D eigenvalue weighted by Crippen LogP contribution is -2.27. The zero-order valence-electron chi connectivity index (χ0n) is 11.5. The van der Waals surface area contributed by atoms with E-state index in [1.165, 1.54) is 0 Å². The molecule has 1 unspecified atom stereocenters. The first kappa shape index (κ1) is 16.3. The summed E-state index contributed by atoms with van der Waals surface area (Å²) in [6, 6.07) is 5.56. The van der Waals surface area contributed by atoms with Crippen molar-refractivity contribution in [2.24, 2.45) is 5.92 Å². The van der Waals surface area contributed by atoms with E-state index in [1.54, 1.807) is 6.07 Å². The van der Waals surface area contributed by atoms with Gasteiger partial charge >= 0.3 is 0 Å². The van der Waals surface area contributed by atoms with Gasteiger partial charge in [0.15, 0.2) is 0 Å². The molecule has 1 aromatic rings. The summed E-state index contributed by atoms with van der Waals surface area (Å²) >= 11 is 12.0. The molecule has 1 amide bonds. The molecule has 1 atom stereocenters. The van der Waals surface area contributed by atoms with E-state index < -0.39 is 0 Å². The number of benzene rings is 1. The van der Waals surface area contributed by atoms with Gasteiger partial charge < -0.3 is 5.32 Å². The van der Waals surface area contributed by atoms with E-state index in [1.807, 2.05) is 12.1 Å². The Kier molecular flexibility index (Phi) is 7.25. The van der Waals surface area contributed by atoms with Gasteiger partial charge in [-0.1, -0.05) is 62.0 Å². The van der Waals surface area contributed by atoms with Gasteiger partial charge in [-0.25, -0.2) is 0 Å². The minimum atomic E-state index is 0.110. The van der Waals surface area contributed by atoms with Gasteiger partial charge in [0, 0.05) is 13.0 Å². The zero-order valence-corrected chi connectivity index (χ0v) is 13.0. The zero-order chi connectivity index (χ0) is 14.3. The van der Waals surface area contributed by atoms with Gasteiger partial charge in [-0.15, -0.1) is 0 Å². The molecule has 0 fully saturated rings. The first-order chi connectivity index (χ1) is 9.04. The quantitative estimate of drug-likeness (QED) is 0.790. The van der Waals surface area contributed by atoms with E-state index >= 15 is 0 Å². The fourth-order valence-corrected chi connectivity index (χ4v) is 2.48. The van der Waals surface area contributed by atoms with Crippen molar-refractivity contribution in [2.45, 2.75) is 39.5 Å². The highest BCUT2D eigenvalue weighted by atomic mass is 35.5. The molecule has 0 aliphatic heterocycles. The smallest absolute Gasteiger partial charge is 0.220 e. The highest BCUT2D eigenvalue weighted by molar-refractivity contribution is 6.42. The Morgan fingerprint density at radius 2 is 2.11 bits per heavy atom. The van der Waals surface area contributed by atoms with Crippen LogP contribution in [-0.4, -0.2) is 12.5 Å². The van der Waals surface area contributed by atoms with Crippen molar-refractivity contribution in [3.63, 3.8) is 0 Å². The molecule has 0 saturated heterocycles. The van der Waals surface area contributed by atoms with Gasteiger partial charge in [0.05, 0.1) is 10.0 Å². The molecule has 2 nitrogen and oxygen atoms in total. The molecule has 0 aliphatic rings. The predicted octanol–water partition coefficient (Wildman–Crippen LogP) is 4.48. The van der Waals surface area contributed by atoms with Crippen LogP contribution in [0.25, 0.3) is 0 Å². The highest BCUT2D eigenvalue weighted by Crippen LogP contribution is 2.25. The second-order valence-electron chi connectivity index (χ2n) is 4.91. The van der Waals surface area contributed by atoms with Gasteiger partial charge in [0.2, 0.25) is 5.91 Å². The van der Waals surface area contributed by atoms with Gasteiger partial charge in [-0.3, -0.25) is 4.79 Å². The number of carbonyl (C=O) groups excluding carboxylic acids is 1. The first-order valence-electron chi connectivity index (χ1n) is 6.74.